The smallest absolute Gasteiger partial charge is 0.249 e. The highest BCUT2D eigenvalue weighted by Crippen LogP contribution is 2.28. The van der Waals surface area contributed by atoms with E-state index in [1.807, 2.05) is 24.4 Å². The first-order chi connectivity index (χ1) is 12.6. The van der Waals surface area contributed by atoms with Gasteiger partial charge in [-0.1, -0.05) is 23.5 Å². The second kappa shape index (κ2) is 6.81. The lowest BCUT2D eigenvalue weighted by atomic mass is 10.3. The molecule has 1 aromatic carbocycles. The van der Waals surface area contributed by atoms with Crippen LogP contribution < -0.4 is 5.32 Å². The number of anilines is 1. The summed E-state index contributed by atoms with van der Waals surface area (Å²) < 4.78 is 16.2. The van der Waals surface area contributed by atoms with E-state index >= 15 is 0 Å². The van der Waals surface area contributed by atoms with Crippen LogP contribution in [0.15, 0.2) is 47.9 Å². The van der Waals surface area contributed by atoms with E-state index in [0.717, 1.165) is 15.3 Å². The molecule has 0 atom stereocenters. The van der Waals surface area contributed by atoms with Crippen LogP contribution in [0.2, 0.25) is 0 Å². The molecule has 0 radical (unpaired) electrons. The van der Waals surface area contributed by atoms with Gasteiger partial charge in [0.1, 0.15) is 17.2 Å². The number of hydrogen-bond donors (Lipinski definition) is 1. The van der Waals surface area contributed by atoms with Crippen LogP contribution in [-0.2, 0) is 4.79 Å². The number of benzene rings is 1. The molecule has 0 unspecified atom stereocenters. The first-order valence-corrected chi connectivity index (χ1v) is 9.44. The molecule has 4 aromatic rings. The maximum absolute atomic E-state index is 13.9. The summed E-state index contributed by atoms with van der Waals surface area (Å²) in [6.45, 7) is 1.82. The number of halogens is 1. The van der Waals surface area contributed by atoms with Crippen molar-refractivity contribution < 1.29 is 9.18 Å². The Kier molecular flexibility index (Phi) is 4.36. The number of aromatic nitrogens is 3. The summed E-state index contributed by atoms with van der Waals surface area (Å²) >= 11 is 2.86. The summed E-state index contributed by atoms with van der Waals surface area (Å²) in [6.07, 6.45) is 3.22. The lowest BCUT2D eigenvalue weighted by Gasteiger charge is -2.03. The Bertz CT molecular complexity index is 1110. The highest BCUT2D eigenvalue weighted by Gasteiger charge is 2.15. The zero-order valence-corrected chi connectivity index (χ0v) is 15.3. The Balaban J connectivity index is 1.63. The third-order valence-corrected chi connectivity index (χ3v) is 5.40. The zero-order valence-electron chi connectivity index (χ0n) is 13.6. The molecule has 8 heteroatoms. The summed E-state index contributed by atoms with van der Waals surface area (Å²) in [5.74, 6) is -0.159. The summed E-state index contributed by atoms with van der Waals surface area (Å²) in [5, 5.41) is 9.62. The number of fused-ring (bicyclic) bond motifs is 1. The lowest BCUT2D eigenvalue weighted by Crippen LogP contribution is -2.12. The molecule has 130 valence electrons. The van der Waals surface area contributed by atoms with Gasteiger partial charge in [-0.2, -0.15) is 9.78 Å². The number of nitrogens with zero attached hydrogens (tertiary/aromatic N) is 3. The Labute approximate surface area is 156 Å². The number of thiophene rings is 1. The topological polar surface area (TPSA) is 59.8 Å². The van der Waals surface area contributed by atoms with Crippen molar-refractivity contribution >= 4 is 50.7 Å². The Morgan fingerprint density at radius 3 is 2.96 bits per heavy atom. The van der Waals surface area contributed by atoms with Crippen LogP contribution in [-0.4, -0.2) is 20.7 Å². The summed E-state index contributed by atoms with van der Waals surface area (Å²) in [4.78, 5) is 17.5. The fourth-order valence-corrected chi connectivity index (χ4v) is 4.00. The van der Waals surface area contributed by atoms with Gasteiger partial charge in [0, 0.05) is 17.0 Å². The van der Waals surface area contributed by atoms with Gasteiger partial charge in [0.2, 0.25) is 11.0 Å². The average molecular weight is 384 g/mol. The molecule has 1 amide bonds. The van der Waals surface area contributed by atoms with E-state index in [1.165, 1.54) is 28.2 Å². The van der Waals surface area contributed by atoms with Crippen molar-refractivity contribution in [2.24, 2.45) is 0 Å². The number of para-hydroxylation sites is 1. The van der Waals surface area contributed by atoms with E-state index in [4.69, 9.17) is 0 Å². The maximum Gasteiger partial charge on any atom is 0.249 e. The fraction of sp³-hybridized carbons (Fsp3) is 0.0556. The van der Waals surface area contributed by atoms with E-state index in [9.17, 15) is 9.18 Å². The van der Waals surface area contributed by atoms with Crippen LogP contribution in [0.25, 0.3) is 21.4 Å². The molecule has 0 aliphatic heterocycles. The lowest BCUT2D eigenvalue weighted by molar-refractivity contribution is -0.111. The quantitative estimate of drug-likeness (QED) is 0.521. The van der Waals surface area contributed by atoms with Gasteiger partial charge in [0.15, 0.2) is 0 Å². The molecule has 0 bridgehead atoms. The molecule has 3 aromatic heterocycles. The third kappa shape index (κ3) is 3.29. The second-order valence-electron chi connectivity index (χ2n) is 5.50. The first kappa shape index (κ1) is 16.6. The summed E-state index contributed by atoms with van der Waals surface area (Å²) in [7, 11) is 0. The standard InChI is InChI=1S/C18H13FN4OS2/c1-11-10-15(20-16(24)8-7-12-4-3-9-25-12)23(22-11)18-21-17-13(19)5-2-6-14(17)26-18/h2-10H,1H3,(H,20,24)/b8-7+. The van der Waals surface area contributed by atoms with Gasteiger partial charge in [-0.15, -0.1) is 11.3 Å². The number of hydrogen-bond acceptors (Lipinski definition) is 5. The molecule has 0 spiro atoms. The summed E-state index contributed by atoms with van der Waals surface area (Å²) in [5.41, 5.74) is 1.03. The predicted octanol–water partition coefficient (Wildman–Crippen LogP) is 4.64. The Morgan fingerprint density at radius 2 is 2.19 bits per heavy atom. The SMILES string of the molecule is Cc1cc(NC(=O)/C=C/c2cccs2)n(-c2nc3c(F)cccc3s2)n1. The molecular formula is C18H13FN4OS2. The van der Waals surface area contributed by atoms with E-state index < -0.39 is 0 Å². The van der Waals surface area contributed by atoms with Crippen molar-refractivity contribution in [3.63, 3.8) is 0 Å². The summed E-state index contributed by atoms with van der Waals surface area (Å²) in [6, 6.07) is 10.4. The van der Waals surface area contributed by atoms with Crippen LogP contribution >= 0.6 is 22.7 Å². The van der Waals surface area contributed by atoms with Crippen molar-refractivity contribution in [1.29, 1.82) is 0 Å². The van der Waals surface area contributed by atoms with Crippen LogP contribution in [0.5, 0.6) is 0 Å². The van der Waals surface area contributed by atoms with E-state index in [2.05, 4.69) is 15.4 Å². The highest BCUT2D eigenvalue weighted by molar-refractivity contribution is 7.20. The monoisotopic (exact) mass is 384 g/mol. The van der Waals surface area contributed by atoms with Crippen molar-refractivity contribution in [3.8, 4) is 5.13 Å². The highest BCUT2D eigenvalue weighted by atomic mass is 32.1. The van der Waals surface area contributed by atoms with Crippen molar-refractivity contribution in [2.45, 2.75) is 6.92 Å². The molecule has 26 heavy (non-hydrogen) atoms. The Morgan fingerprint density at radius 1 is 1.31 bits per heavy atom. The van der Waals surface area contributed by atoms with E-state index in [0.29, 0.717) is 16.5 Å². The maximum atomic E-state index is 13.9. The van der Waals surface area contributed by atoms with E-state index in [-0.39, 0.29) is 11.7 Å². The number of thiazole rings is 1. The van der Waals surface area contributed by atoms with Gasteiger partial charge < -0.3 is 5.32 Å². The molecule has 0 aliphatic rings. The molecule has 0 saturated heterocycles. The molecule has 1 N–H and O–H groups in total. The number of amides is 1. The molecule has 0 aliphatic carbocycles. The van der Waals surface area contributed by atoms with E-state index in [1.54, 1.807) is 35.6 Å². The minimum Gasteiger partial charge on any atom is -0.307 e. The molecule has 0 saturated carbocycles. The minimum absolute atomic E-state index is 0.271. The van der Waals surface area contributed by atoms with Crippen LogP contribution in [0.3, 0.4) is 0 Å². The molecular weight excluding hydrogens is 371 g/mol. The molecule has 0 fully saturated rings. The zero-order chi connectivity index (χ0) is 18.1. The minimum atomic E-state index is -0.377. The van der Waals surface area contributed by atoms with Gasteiger partial charge >= 0.3 is 0 Å². The van der Waals surface area contributed by atoms with Gasteiger partial charge in [0.25, 0.3) is 0 Å². The van der Waals surface area contributed by atoms with Gasteiger partial charge in [0.05, 0.1) is 10.4 Å². The fourth-order valence-electron chi connectivity index (χ4n) is 2.44. The number of rotatable bonds is 4. The number of carbonyl (C=O) groups excluding carboxylic acids is 1. The van der Waals surface area contributed by atoms with Crippen LogP contribution in [0.1, 0.15) is 10.6 Å². The normalized spacial score (nSPS) is 11.5. The van der Waals surface area contributed by atoms with Crippen molar-refractivity contribution in [2.75, 3.05) is 5.32 Å². The predicted molar refractivity (Wildman–Crippen MR) is 103 cm³/mol. The van der Waals surface area contributed by atoms with Gasteiger partial charge in [-0.3, -0.25) is 4.79 Å². The number of carbonyl (C=O) groups is 1. The van der Waals surface area contributed by atoms with Gasteiger partial charge in [-0.25, -0.2) is 9.37 Å². The van der Waals surface area contributed by atoms with Crippen molar-refractivity contribution in [1.82, 2.24) is 14.8 Å². The van der Waals surface area contributed by atoms with Crippen molar-refractivity contribution in [3.05, 3.63) is 64.2 Å². The molecule has 4 rings (SSSR count). The van der Waals surface area contributed by atoms with Crippen LogP contribution in [0.4, 0.5) is 10.2 Å². The first-order valence-electron chi connectivity index (χ1n) is 7.75. The molecule has 5 nitrogen and oxygen atoms in total. The number of nitrogens with one attached hydrogen (secondary N) is 1. The second-order valence-corrected chi connectivity index (χ2v) is 7.49. The largest absolute Gasteiger partial charge is 0.307 e. The average Bonchev–Trinajstić information content (AvgIpc) is 3.33. The third-order valence-electron chi connectivity index (χ3n) is 3.56. The van der Waals surface area contributed by atoms with Gasteiger partial charge in [-0.05, 0) is 36.6 Å². The van der Waals surface area contributed by atoms with Crippen LogP contribution in [0, 0.1) is 12.7 Å². The Hall–Kier alpha value is -2.84. The number of aryl methyl sites for hydroxylation is 1. The molecule has 3 heterocycles.